The second-order valence-electron chi connectivity index (χ2n) is 10.2. The number of likely N-dealkylation sites (N-methyl/N-ethyl adjacent to an activating group) is 1. The van der Waals surface area contributed by atoms with Gasteiger partial charge in [-0.05, 0) is 42.9 Å². The van der Waals surface area contributed by atoms with Crippen molar-refractivity contribution in [2.75, 3.05) is 58.8 Å². The summed E-state index contributed by atoms with van der Waals surface area (Å²) in [5.41, 5.74) is 2.52. The predicted octanol–water partition coefficient (Wildman–Crippen LogP) is 5.13. The van der Waals surface area contributed by atoms with Crippen molar-refractivity contribution in [3.8, 4) is 22.8 Å². The minimum atomic E-state index is -4.41. The normalized spacial score (nSPS) is 14.6. The van der Waals surface area contributed by atoms with Crippen molar-refractivity contribution < 1.29 is 27.4 Å². The van der Waals surface area contributed by atoms with Gasteiger partial charge in [-0.15, -0.1) is 0 Å². The van der Waals surface area contributed by atoms with Gasteiger partial charge in [-0.3, -0.25) is 9.69 Å². The molecule has 1 aromatic heterocycles. The molecule has 5 rings (SSSR count). The van der Waals surface area contributed by atoms with Crippen LogP contribution in [0, 0.1) is 0 Å². The van der Waals surface area contributed by atoms with Crippen LogP contribution in [0.3, 0.4) is 0 Å². The number of methoxy groups -OCH3 is 1. The molecule has 4 aromatic rings. The SMILES string of the molecule is COc1cc2c(-c3ccc(NC(=O)Cc4ccc(C(F)(F)F)cc4)cc3)ncnc2cc1OCCN1CCN(C)CC1. The Morgan fingerprint density at radius 1 is 0.952 bits per heavy atom. The molecule has 8 nitrogen and oxygen atoms in total. The molecule has 0 unspecified atom stereocenters. The number of alkyl halides is 3. The van der Waals surface area contributed by atoms with E-state index in [9.17, 15) is 18.0 Å². The Labute approximate surface area is 242 Å². The van der Waals surface area contributed by atoms with Crippen LogP contribution >= 0.6 is 0 Å². The second kappa shape index (κ2) is 12.7. The number of hydrogen-bond donors (Lipinski definition) is 1. The molecule has 0 atom stereocenters. The molecule has 1 amide bonds. The predicted molar refractivity (Wildman–Crippen MR) is 155 cm³/mol. The summed E-state index contributed by atoms with van der Waals surface area (Å²) in [6.45, 7) is 5.51. The lowest BCUT2D eigenvalue weighted by Crippen LogP contribution is -2.45. The van der Waals surface area contributed by atoms with Crippen molar-refractivity contribution in [2.45, 2.75) is 12.6 Å². The van der Waals surface area contributed by atoms with Crippen LogP contribution in [-0.2, 0) is 17.4 Å². The zero-order valence-electron chi connectivity index (χ0n) is 23.4. The maximum atomic E-state index is 12.8. The van der Waals surface area contributed by atoms with E-state index in [-0.39, 0.29) is 12.3 Å². The van der Waals surface area contributed by atoms with Crippen LogP contribution < -0.4 is 14.8 Å². The van der Waals surface area contributed by atoms with Crippen LogP contribution in [-0.4, -0.2) is 79.2 Å². The largest absolute Gasteiger partial charge is 0.493 e. The topological polar surface area (TPSA) is 79.8 Å². The third kappa shape index (κ3) is 7.15. The number of ether oxygens (including phenoxy) is 2. The second-order valence-corrected chi connectivity index (χ2v) is 10.2. The highest BCUT2D eigenvalue weighted by Crippen LogP contribution is 2.36. The highest BCUT2D eigenvalue weighted by Gasteiger charge is 2.30. The summed E-state index contributed by atoms with van der Waals surface area (Å²) in [4.78, 5) is 26.1. The molecule has 0 radical (unpaired) electrons. The molecule has 0 bridgehead atoms. The molecule has 0 saturated carbocycles. The van der Waals surface area contributed by atoms with Crippen molar-refractivity contribution >= 4 is 22.5 Å². The van der Waals surface area contributed by atoms with E-state index < -0.39 is 11.7 Å². The Balaban J connectivity index is 1.25. The average Bonchev–Trinajstić information content (AvgIpc) is 2.97. The molecule has 11 heteroatoms. The van der Waals surface area contributed by atoms with Gasteiger partial charge in [0, 0.05) is 55.4 Å². The van der Waals surface area contributed by atoms with Gasteiger partial charge in [-0.1, -0.05) is 24.3 Å². The molecular weight excluding hydrogens is 547 g/mol. The maximum Gasteiger partial charge on any atom is 0.416 e. The van der Waals surface area contributed by atoms with Crippen LogP contribution in [0.15, 0.2) is 67.0 Å². The smallest absolute Gasteiger partial charge is 0.416 e. The van der Waals surface area contributed by atoms with Gasteiger partial charge in [0.1, 0.15) is 12.9 Å². The van der Waals surface area contributed by atoms with E-state index in [1.807, 2.05) is 24.3 Å². The summed E-state index contributed by atoms with van der Waals surface area (Å²) in [6, 6.07) is 15.5. The molecule has 2 heterocycles. The summed E-state index contributed by atoms with van der Waals surface area (Å²) in [5, 5.41) is 3.58. The van der Waals surface area contributed by atoms with Crippen molar-refractivity contribution in [3.63, 3.8) is 0 Å². The van der Waals surface area contributed by atoms with Gasteiger partial charge < -0.3 is 19.7 Å². The van der Waals surface area contributed by atoms with Crippen molar-refractivity contribution in [3.05, 3.63) is 78.1 Å². The highest BCUT2D eigenvalue weighted by molar-refractivity contribution is 5.95. The zero-order valence-corrected chi connectivity index (χ0v) is 23.4. The lowest BCUT2D eigenvalue weighted by Gasteiger charge is -2.32. The molecule has 1 N–H and O–H groups in total. The summed E-state index contributed by atoms with van der Waals surface area (Å²) in [5.74, 6) is 0.874. The number of halogens is 3. The minimum Gasteiger partial charge on any atom is -0.493 e. The van der Waals surface area contributed by atoms with Gasteiger partial charge >= 0.3 is 6.18 Å². The summed E-state index contributed by atoms with van der Waals surface area (Å²) < 4.78 is 50.1. The van der Waals surface area contributed by atoms with Crippen molar-refractivity contribution in [1.29, 1.82) is 0 Å². The first kappa shape index (κ1) is 29.3. The standard InChI is InChI=1S/C31H32F3N5O3/c1-38-11-13-39(14-12-38)15-16-42-28-19-26-25(18-27(28)41-2)30(36-20-35-26)22-5-9-24(10-6-22)37-29(40)17-21-3-7-23(8-4-21)31(32,33)34/h3-10,18-20H,11-17H2,1-2H3,(H,37,40). The summed E-state index contributed by atoms with van der Waals surface area (Å²) in [7, 11) is 3.73. The Kier molecular flexibility index (Phi) is 8.89. The van der Waals surface area contributed by atoms with E-state index in [1.54, 1.807) is 19.2 Å². The molecule has 42 heavy (non-hydrogen) atoms. The van der Waals surface area contributed by atoms with Crippen LogP contribution in [0.5, 0.6) is 11.5 Å². The number of anilines is 1. The molecule has 220 valence electrons. The van der Waals surface area contributed by atoms with E-state index in [0.29, 0.717) is 40.6 Å². The van der Waals surface area contributed by atoms with Gasteiger partial charge in [0.2, 0.25) is 5.91 Å². The first-order chi connectivity index (χ1) is 20.2. The van der Waals surface area contributed by atoms with Gasteiger partial charge in [0.05, 0.1) is 30.3 Å². The van der Waals surface area contributed by atoms with E-state index in [0.717, 1.165) is 55.8 Å². The number of hydrogen-bond acceptors (Lipinski definition) is 7. The number of carbonyl (C=O) groups excluding carboxylic acids is 1. The van der Waals surface area contributed by atoms with Gasteiger partial charge in [0.15, 0.2) is 11.5 Å². The number of aromatic nitrogens is 2. The van der Waals surface area contributed by atoms with Crippen molar-refractivity contribution in [1.82, 2.24) is 19.8 Å². The maximum absolute atomic E-state index is 12.8. The molecule has 1 aliphatic heterocycles. The molecular formula is C31H32F3N5O3. The van der Waals surface area contributed by atoms with E-state index >= 15 is 0 Å². The van der Waals surface area contributed by atoms with Crippen LogP contribution in [0.4, 0.5) is 18.9 Å². The highest BCUT2D eigenvalue weighted by atomic mass is 19.4. The average molecular weight is 580 g/mol. The molecule has 3 aromatic carbocycles. The number of benzene rings is 3. The third-order valence-electron chi connectivity index (χ3n) is 7.27. The first-order valence-corrected chi connectivity index (χ1v) is 13.6. The number of rotatable bonds is 9. The van der Waals surface area contributed by atoms with Crippen LogP contribution in [0.2, 0.25) is 0 Å². The van der Waals surface area contributed by atoms with Gasteiger partial charge in [-0.2, -0.15) is 13.2 Å². The summed E-state index contributed by atoms with van der Waals surface area (Å²) >= 11 is 0. The number of nitrogens with one attached hydrogen (secondary N) is 1. The Bertz CT molecular complexity index is 1520. The number of nitrogens with zero attached hydrogens (tertiary/aromatic N) is 4. The van der Waals surface area contributed by atoms with Gasteiger partial charge in [-0.25, -0.2) is 9.97 Å². The Morgan fingerprint density at radius 3 is 2.33 bits per heavy atom. The molecule has 1 fully saturated rings. The molecule has 0 spiro atoms. The van der Waals surface area contributed by atoms with Crippen LogP contribution in [0.25, 0.3) is 22.2 Å². The third-order valence-corrected chi connectivity index (χ3v) is 7.27. The van der Waals surface area contributed by atoms with Crippen LogP contribution in [0.1, 0.15) is 11.1 Å². The lowest BCUT2D eigenvalue weighted by molar-refractivity contribution is -0.137. The zero-order chi connectivity index (χ0) is 29.7. The monoisotopic (exact) mass is 579 g/mol. The Morgan fingerprint density at radius 2 is 1.67 bits per heavy atom. The Hall–Kier alpha value is -4.22. The molecule has 1 saturated heterocycles. The van der Waals surface area contributed by atoms with E-state index in [2.05, 4.69) is 32.1 Å². The lowest BCUT2D eigenvalue weighted by atomic mass is 10.1. The molecule has 0 aliphatic carbocycles. The van der Waals surface area contributed by atoms with Gasteiger partial charge in [0.25, 0.3) is 0 Å². The minimum absolute atomic E-state index is 0.0456. The van der Waals surface area contributed by atoms with E-state index in [4.69, 9.17) is 9.47 Å². The summed E-state index contributed by atoms with van der Waals surface area (Å²) in [6.07, 6.45) is -2.96. The number of piperazine rings is 1. The van der Waals surface area contributed by atoms with E-state index in [1.165, 1.54) is 18.5 Å². The fraction of sp³-hybridized carbons (Fsp3) is 0.323. The molecule has 1 aliphatic rings. The number of carbonyl (C=O) groups is 1. The van der Waals surface area contributed by atoms with Crippen molar-refractivity contribution in [2.24, 2.45) is 0 Å². The quantitative estimate of drug-likeness (QED) is 0.295. The number of fused-ring (bicyclic) bond motifs is 1. The number of amides is 1. The fourth-order valence-corrected chi connectivity index (χ4v) is 4.84. The first-order valence-electron chi connectivity index (χ1n) is 13.6. The fourth-order valence-electron chi connectivity index (χ4n) is 4.84.